The normalized spacial score (nSPS) is 36.2. The van der Waals surface area contributed by atoms with E-state index in [1.54, 1.807) is 0 Å². The SMILES string of the molecule is CC(C)C1CN(CC2CCCN(C)C2)C(C)CN1. The molecule has 0 aliphatic carbocycles. The van der Waals surface area contributed by atoms with E-state index in [0.717, 1.165) is 18.4 Å². The average Bonchev–Trinajstić information content (AvgIpc) is 2.31. The van der Waals surface area contributed by atoms with Crippen LogP contribution in [0.1, 0.15) is 33.6 Å². The number of rotatable bonds is 3. The van der Waals surface area contributed by atoms with Crippen molar-refractivity contribution in [3.05, 3.63) is 0 Å². The third-order valence-corrected chi connectivity index (χ3v) is 4.75. The van der Waals surface area contributed by atoms with Crippen LogP contribution in [0.4, 0.5) is 0 Å². The van der Waals surface area contributed by atoms with E-state index < -0.39 is 0 Å². The quantitative estimate of drug-likeness (QED) is 0.825. The van der Waals surface area contributed by atoms with Crippen molar-refractivity contribution in [2.24, 2.45) is 11.8 Å². The minimum atomic E-state index is 0.683. The van der Waals surface area contributed by atoms with Gasteiger partial charge in [0.1, 0.15) is 0 Å². The summed E-state index contributed by atoms with van der Waals surface area (Å²) in [5.41, 5.74) is 0. The van der Waals surface area contributed by atoms with Crippen LogP contribution in [0, 0.1) is 11.8 Å². The van der Waals surface area contributed by atoms with Gasteiger partial charge in [0.15, 0.2) is 0 Å². The molecule has 3 nitrogen and oxygen atoms in total. The van der Waals surface area contributed by atoms with Gasteiger partial charge >= 0.3 is 0 Å². The first-order chi connectivity index (χ1) is 8.56. The summed E-state index contributed by atoms with van der Waals surface area (Å²) < 4.78 is 0. The molecule has 2 aliphatic heterocycles. The van der Waals surface area contributed by atoms with Crippen LogP contribution in [0.15, 0.2) is 0 Å². The minimum absolute atomic E-state index is 0.683. The van der Waals surface area contributed by atoms with Gasteiger partial charge in [0.05, 0.1) is 0 Å². The zero-order valence-corrected chi connectivity index (χ0v) is 12.7. The Morgan fingerprint density at radius 3 is 2.72 bits per heavy atom. The molecule has 18 heavy (non-hydrogen) atoms. The standard InChI is InChI=1S/C15H31N3/c1-12(2)15-11-18(13(3)8-16-15)10-14-6-5-7-17(4)9-14/h12-16H,5-11H2,1-4H3. The number of piperazine rings is 1. The molecule has 0 spiro atoms. The van der Waals surface area contributed by atoms with Crippen molar-refractivity contribution in [2.75, 3.05) is 39.8 Å². The first-order valence-corrected chi connectivity index (χ1v) is 7.72. The van der Waals surface area contributed by atoms with Gasteiger partial charge in [-0.05, 0) is 45.2 Å². The van der Waals surface area contributed by atoms with Gasteiger partial charge in [0.2, 0.25) is 0 Å². The average molecular weight is 253 g/mol. The maximum absolute atomic E-state index is 3.69. The van der Waals surface area contributed by atoms with Gasteiger partial charge in [-0.2, -0.15) is 0 Å². The van der Waals surface area contributed by atoms with Crippen molar-refractivity contribution in [2.45, 2.75) is 45.7 Å². The number of nitrogens with one attached hydrogen (secondary N) is 1. The molecule has 1 N–H and O–H groups in total. The number of hydrogen-bond donors (Lipinski definition) is 1. The van der Waals surface area contributed by atoms with Crippen LogP contribution in [0.3, 0.4) is 0 Å². The Hall–Kier alpha value is -0.120. The molecule has 0 aromatic rings. The fraction of sp³-hybridized carbons (Fsp3) is 1.00. The lowest BCUT2D eigenvalue weighted by Gasteiger charge is -2.43. The lowest BCUT2D eigenvalue weighted by atomic mass is 9.94. The number of likely N-dealkylation sites (tertiary alicyclic amines) is 1. The maximum atomic E-state index is 3.69. The van der Waals surface area contributed by atoms with Gasteiger partial charge in [0.25, 0.3) is 0 Å². The van der Waals surface area contributed by atoms with E-state index in [-0.39, 0.29) is 0 Å². The molecular formula is C15H31N3. The molecule has 106 valence electrons. The Morgan fingerprint density at radius 2 is 2.06 bits per heavy atom. The highest BCUT2D eigenvalue weighted by Gasteiger charge is 2.29. The molecule has 3 unspecified atom stereocenters. The van der Waals surface area contributed by atoms with Crippen molar-refractivity contribution in [3.63, 3.8) is 0 Å². The molecule has 0 aromatic heterocycles. The highest BCUT2D eigenvalue weighted by molar-refractivity contribution is 4.87. The molecular weight excluding hydrogens is 222 g/mol. The van der Waals surface area contributed by atoms with Crippen LogP contribution in [0.2, 0.25) is 0 Å². The number of piperidine rings is 1. The topological polar surface area (TPSA) is 18.5 Å². The van der Waals surface area contributed by atoms with Crippen molar-refractivity contribution in [1.29, 1.82) is 0 Å². The van der Waals surface area contributed by atoms with Gasteiger partial charge < -0.3 is 10.2 Å². The lowest BCUT2D eigenvalue weighted by Crippen LogP contribution is -2.58. The summed E-state index contributed by atoms with van der Waals surface area (Å²) in [6.07, 6.45) is 2.81. The lowest BCUT2D eigenvalue weighted by molar-refractivity contribution is 0.0824. The molecule has 0 amide bonds. The van der Waals surface area contributed by atoms with E-state index >= 15 is 0 Å². The van der Waals surface area contributed by atoms with Crippen LogP contribution in [0.5, 0.6) is 0 Å². The van der Waals surface area contributed by atoms with Gasteiger partial charge in [-0.15, -0.1) is 0 Å². The zero-order chi connectivity index (χ0) is 13.1. The van der Waals surface area contributed by atoms with Crippen molar-refractivity contribution in [1.82, 2.24) is 15.1 Å². The molecule has 0 radical (unpaired) electrons. The van der Waals surface area contributed by atoms with E-state index in [2.05, 4.69) is 42.9 Å². The Labute approximate surface area is 113 Å². The summed E-state index contributed by atoms with van der Waals surface area (Å²) in [6, 6.07) is 1.38. The van der Waals surface area contributed by atoms with E-state index in [9.17, 15) is 0 Å². The molecule has 2 saturated heterocycles. The molecule has 2 fully saturated rings. The first kappa shape index (κ1) is 14.3. The van der Waals surface area contributed by atoms with Crippen LogP contribution in [0.25, 0.3) is 0 Å². The second-order valence-corrected chi connectivity index (χ2v) is 6.83. The Bertz CT molecular complexity index is 254. The fourth-order valence-corrected chi connectivity index (χ4v) is 3.40. The van der Waals surface area contributed by atoms with Crippen molar-refractivity contribution < 1.29 is 0 Å². The van der Waals surface area contributed by atoms with E-state index in [0.29, 0.717) is 12.1 Å². The van der Waals surface area contributed by atoms with E-state index in [4.69, 9.17) is 0 Å². The minimum Gasteiger partial charge on any atom is -0.311 e. The number of hydrogen-bond acceptors (Lipinski definition) is 3. The largest absolute Gasteiger partial charge is 0.311 e. The monoisotopic (exact) mass is 253 g/mol. The molecule has 2 rings (SSSR count). The summed E-state index contributed by atoms with van der Waals surface area (Å²) in [6.45, 7) is 13.3. The van der Waals surface area contributed by atoms with Crippen LogP contribution in [-0.2, 0) is 0 Å². The molecule has 0 bridgehead atoms. The van der Waals surface area contributed by atoms with Crippen molar-refractivity contribution >= 4 is 0 Å². The third kappa shape index (κ3) is 3.69. The fourth-order valence-electron chi connectivity index (χ4n) is 3.40. The predicted octanol–water partition coefficient (Wildman–Crippen LogP) is 1.65. The van der Waals surface area contributed by atoms with E-state index in [1.807, 2.05) is 0 Å². The van der Waals surface area contributed by atoms with Gasteiger partial charge in [0, 0.05) is 38.3 Å². The predicted molar refractivity (Wildman–Crippen MR) is 77.9 cm³/mol. The third-order valence-electron chi connectivity index (χ3n) is 4.75. The molecule has 0 saturated carbocycles. The zero-order valence-electron chi connectivity index (χ0n) is 12.7. The summed E-state index contributed by atoms with van der Waals surface area (Å²) in [5, 5.41) is 3.69. The highest BCUT2D eigenvalue weighted by atomic mass is 15.2. The number of nitrogens with zero attached hydrogens (tertiary/aromatic N) is 2. The second kappa shape index (κ2) is 6.36. The smallest absolute Gasteiger partial charge is 0.0218 e. The molecule has 2 heterocycles. The van der Waals surface area contributed by atoms with E-state index in [1.165, 1.54) is 39.0 Å². The van der Waals surface area contributed by atoms with Crippen molar-refractivity contribution in [3.8, 4) is 0 Å². The van der Waals surface area contributed by atoms with Crippen LogP contribution in [-0.4, -0.2) is 61.7 Å². The summed E-state index contributed by atoms with van der Waals surface area (Å²) >= 11 is 0. The summed E-state index contributed by atoms with van der Waals surface area (Å²) in [5.74, 6) is 1.63. The molecule has 2 aliphatic rings. The summed E-state index contributed by atoms with van der Waals surface area (Å²) in [7, 11) is 2.27. The first-order valence-electron chi connectivity index (χ1n) is 7.72. The summed E-state index contributed by atoms with van der Waals surface area (Å²) in [4.78, 5) is 5.23. The Morgan fingerprint density at radius 1 is 1.28 bits per heavy atom. The molecule has 3 atom stereocenters. The van der Waals surface area contributed by atoms with Crippen LogP contribution >= 0.6 is 0 Å². The van der Waals surface area contributed by atoms with Gasteiger partial charge in [-0.3, -0.25) is 4.90 Å². The van der Waals surface area contributed by atoms with Crippen LogP contribution < -0.4 is 5.32 Å². The maximum Gasteiger partial charge on any atom is 0.0218 e. The molecule has 3 heteroatoms. The second-order valence-electron chi connectivity index (χ2n) is 6.83. The van der Waals surface area contributed by atoms with Gasteiger partial charge in [-0.1, -0.05) is 13.8 Å². The highest BCUT2D eigenvalue weighted by Crippen LogP contribution is 2.20. The molecule has 0 aromatic carbocycles. The van der Waals surface area contributed by atoms with Gasteiger partial charge in [-0.25, -0.2) is 0 Å². The Kier molecular flexibility index (Phi) is 5.05. The Balaban J connectivity index is 1.86.